The van der Waals surface area contributed by atoms with Gasteiger partial charge in [-0.15, -0.1) is 11.8 Å². The number of aryl methyl sites for hydroxylation is 1. The Labute approximate surface area is 145 Å². The molecule has 118 valence electrons. The van der Waals surface area contributed by atoms with Gasteiger partial charge < -0.3 is 4.57 Å². The lowest BCUT2D eigenvalue weighted by Crippen LogP contribution is -1.95. The maximum atomic E-state index is 4.58. The third-order valence-corrected chi connectivity index (χ3v) is 4.80. The van der Waals surface area contributed by atoms with Crippen molar-refractivity contribution in [1.82, 2.24) is 14.5 Å². The summed E-state index contributed by atoms with van der Waals surface area (Å²) in [6.45, 7) is 2.11. The molecule has 3 nitrogen and oxygen atoms in total. The van der Waals surface area contributed by atoms with Gasteiger partial charge in [-0.3, -0.25) is 0 Å². The maximum Gasteiger partial charge on any atom is 0.149 e. The highest BCUT2D eigenvalue weighted by Gasteiger charge is 2.16. The van der Waals surface area contributed by atoms with Crippen LogP contribution in [-0.2, 0) is 0 Å². The van der Waals surface area contributed by atoms with Gasteiger partial charge in [-0.2, -0.15) is 0 Å². The van der Waals surface area contributed by atoms with Crippen LogP contribution in [0.5, 0.6) is 0 Å². The first-order valence-electron chi connectivity index (χ1n) is 7.80. The minimum Gasteiger partial charge on any atom is -0.301 e. The van der Waals surface area contributed by atoms with Gasteiger partial charge in [-0.1, -0.05) is 42.5 Å². The lowest BCUT2D eigenvalue weighted by atomic mass is 10.1. The summed E-state index contributed by atoms with van der Waals surface area (Å²) in [4.78, 5) is 9.06. The second-order valence-electron chi connectivity index (χ2n) is 5.70. The average molecular weight is 331 g/mol. The summed E-state index contributed by atoms with van der Waals surface area (Å²) in [7, 11) is 0. The molecule has 2 aromatic heterocycles. The summed E-state index contributed by atoms with van der Waals surface area (Å²) in [6, 6.07) is 18.9. The molecule has 0 radical (unpaired) electrons. The minimum atomic E-state index is 0.943. The molecule has 0 fully saturated rings. The highest BCUT2D eigenvalue weighted by molar-refractivity contribution is 7.98. The van der Waals surface area contributed by atoms with Gasteiger partial charge in [0.15, 0.2) is 0 Å². The number of benzene rings is 2. The van der Waals surface area contributed by atoms with E-state index in [1.54, 1.807) is 18.1 Å². The summed E-state index contributed by atoms with van der Waals surface area (Å²) in [5, 5.41) is 2.11. The van der Waals surface area contributed by atoms with Crippen LogP contribution in [0.4, 0.5) is 0 Å². The molecule has 2 heterocycles. The normalized spacial score (nSPS) is 11.1. The molecule has 0 aliphatic carbocycles. The second kappa shape index (κ2) is 6.13. The SMILES string of the molecule is CSc1ncnc2c1c(-c1ccccc1)cn2-c1cccc(C)c1. The van der Waals surface area contributed by atoms with Crippen LogP contribution in [-0.4, -0.2) is 20.8 Å². The Balaban J connectivity index is 2.06. The zero-order chi connectivity index (χ0) is 16.5. The van der Waals surface area contributed by atoms with Crippen molar-refractivity contribution < 1.29 is 0 Å². The Kier molecular flexibility index (Phi) is 3.82. The molecule has 0 bridgehead atoms. The Hall–Kier alpha value is -2.59. The topological polar surface area (TPSA) is 30.7 Å². The fraction of sp³-hybridized carbons (Fsp3) is 0.100. The molecule has 4 aromatic rings. The van der Waals surface area contributed by atoms with Crippen molar-refractivity contribution >= 4 is 22.8 Å². The molecule has 0 atom stereocenters. The average Bonchev–Trinajstić information content (AvgIpc) is 3.02. The predicted molar refractivity (Wildman–Crippen MR) is 101 cm³/mol. The van der Waals surface area contributed by atoms with Crippen LogP contribution in [0.25, 0.3) is 27.8 Å². The quantitative estimate of drug-likeness (QED) is 0.386. The van der Waals surface area contributed by atoms with E-state index < -0.39 is 0 Å². The van der Waals surface area contributed by atoms with Crippen LogP contribution in [0.15, 0.2) is 72.1 Å². The monoisotopic (exact) mass is 331 g/mol. The number of rotatable bonds is 3. The van der Waals surface area contributed by atoms with E-state index in [0.29, 0.717) is 0 Å². The highest BCUT2D eigenvalue weighted by atomic mass is 32.2. The van der Waals surface area contributed by atoms with Crippen molar-refractivity contribution in [1.29, 1.82) is 0 Å². The minimum absolute atomic E-state index is 0.943. The van der Waals surface area contributed by atoms with Crippen LogP contribution in [0.2, 0.25) is 0 Å². The van der Waals surface area contributed by atoms with Gasteiger partial charge in [0.1, 0.15) is 17.0 Å². The molecule has 2 aromatic carbocycles. The lowest BCUT2D eigenvalue weighted by Gasteiger charge is -2.05. The summed E-state index contributed by atoms with van der Waals surface area (Å²) in [5.74, 6) is 0. The Morgan fingerprint density at radius 1 is 0.958 bits per heavy atom. The third-order valence-electron chi connectivity index (χ3n) is 4.11. The van der Waals surface area contributed by atoms with E-state index in [4.69, 9.17) is 0 Å². The molecular formula is C20H17N3S. The van der Waals surface area contributed by atoms with Crippen molar-refractivity contribution in [2.75, 3.05) is 6.26 Å². The standard InChI is InChI=1S/C20H17N3S/c1-14-7-6-10-16(11-14)23-12-17(15-8-4-3-5-9-15)18-19(23)21-13-22-20(18)24-2/h3-13H,1-2H3. The zero-order valence-corrected chi connectivity index (χ0v) is 14.4. The number of nitrogens with zero attached hydrogens (tertiary/aromatic N) is 3. The molecule has 0 spiro atoms. The van der Waals surface area contributed by atoms with Crippen LogP contribution in [0, 0.1) is 6.92 Å². The van der Waals surface area contributed by atoms with Crippen molar-refractivity contribution in [3.63, 3.8) is 0 Å². The number of aromatic nitrogens is 3. The third kappa shape index (κ3) is 2.49. The van der Waals surface area contributed by atoms with Crippen LogP contribution < -0.4 is 0 Å². The first-order valence-corrected chi connectivity index (χ1v) is 9.03. The molecule has 0 aliphatic heterocycles. The van der Waals surface area contributed by atoms with Crippen molar-refractivity contribution in [2.24, 2.45) is 0 Å². The summed E-state index contributed by atoms with van der Waals surface area (Å²) in [5.41, 5.74) is 5.64. The van der Waals surface area contributed by atoms with Gasteiger partial charge in [0.05, 0.1) is 5.39 Å². The molecule has 0 aliphatic rings. The van der Waals surface area contributed by atoms with E-state index in [2.05, 4.69) is 82.4 Å². The molecule has 24 heavy (non-hydrogen) atoms. The molecule has 0 N–H and O–H groups in total. The first kappa shape index (κ1) is 15.0. The summed E-state index contributed by atoms with van der Waals surface area (Å²) < 4.78 is 2.16. The van der Waals surface area contributed by atoms with E-state index in [1.165, 1.54) is 11.1 Å². The van der Waals surface area contributed by atoms with Crippen molar-refractivity contribution in [3.8, 4) is 16.8 Å². The van der Waals surface area contributed by atoms with Crippen molar-refractivity contribution in [2.45, 2.75) is 11.9 Å². The maximum absolute atomic E-state index is 4.58. The number of hydrogen-bond acceptors (Lipinski definition) is 3. The highest BCUT2D eigenvalue weighted by Crippen LogP contribution is 2.36. The van der Waals surface area contributed by atoms with E-state index in [9.17, 15) is 0 Å². The smallest absolute Gasteiger partial charge is 0.149 e. The van der Waals surface area contributed by atoms with E-state index >= 15 is 0 Å². The molecule has 4 rings (SSSR count). The summed E-state index contributed by atoms with van der Waals surface area (Å²) >= 11 is 1.65. The number of fused-ring (bicyclic) bond motifs is 1. The predicted octanol–water partition coefficient (Wildman–Crippen LogP) is 5.12. The van der Waals surface area contributed by atoms with E-state index in [1.807, 2.05) is 6.07 Å². The summed E-state index contributed by atoms with van der Waals surface area (Å²) in [6.07, 6.45) is 5.87. The molecule has 0 saturated heterocycles. The van der Waals surface area contributed by atoms with Gasteiger partial charge in [0.2, 0.25) is 0 Å². The molecule has 4 heteroatoms. The van der Waals surface area contributed by atoms with Gasteiger partial charge >= 0.3 is 0 Å². The van der Waals surface area contributed by atoms with Gasteiger partial charge in [0.25, 0.3) is 0 Å². The van der Waals surface area contributed by atoms with Crippen LogP contribution in [0.3, 0.4) is 0 Å². The molecule has 0 amide bonds. The van der Waals surface area contributed by atoms with Crippen LogP contribution in [0.1, 0.15) is 5.56 Å². The molecule has 0 saturated carbocycles. The Bertz CT molecular complexity index is 1010. The van der Waals surface area contributed by atoms with Crippen LogP contribution >= 0.6 is 11.8 Å². The largest absolute Gasteiger partial charge is 0.301 e. The molecular weight excluding hydrogens is 314 g/mol. The van der Waals surface area contributed by atoms with Gasteiger partial charge in [-0.25, -0.2) is 9.97 Å². The molecule has 0 unspecified atom stereocenters. The fourth-order valence-electron chi connectivity index (χ4n) is 3.00. The fourth-order valence-corrected chi connectivity index (χ4v) is 3.56. The van der Waals surface area contributed by atoms with Gasteiger partial charge in [0, 0.05) is 17.4 Å². The van der Waals surface area contributed by atoms with Gasteiger partial charge in [-0.05, 0) is 36.4 Å². The van der Waals surface area contributed by atoms with E-state index in [-0.39, 0.29) is 0 Å². The lowest BCUT2D eigenvalue weighted by molar-refractivity contribution is 1.04. The zero-order valence-electron chi connectivity index (χ0n) is 13.6. The number of thioether (sulfide) groups is 1. The van der Waals surface area contributed by atoms with E-state index in [0.717, 1.165) is 27.3 Å². The first-order chi connectivity index (χ1) is 11.8. The second-order valence-corrected chi connectivity index (χ2v) is 6.49. The Morgan fingerprint density at radius 2 is 1.79 bits per heavy atom. The van der Waals surface area contributed by atoms with Crippen molar-refractivity contribution in [3.05, 3.63) is 72.7 Å². The Morgan fingerprint density at radius 3 is 2.54 bits per heavy atom. The number of hydrogen-bond donors (Lipinski definition) is 0.